The predicted octanol–water partition coefficient (Wildman–Crippen LogP) is 2.79. The molecule has 0 spiro atoms. The minimum atomic E-state index is 0.477. The van der Waals surface area contributed by atoms with Gasteiger partial charge in [0.2, 0.25) is 0 Å². The van der Waals surface area contributed by atoms with Crippen molar-refractivity contribution in [1.29, 1.82) is 0 Å². The minimum Gasteiger partial charge on any atom is -0.464 e. The third kappa shape index (κ3) is 0.994. The van der Waals surface area contributed by atoms with Crippen molar-refractivity contribution in [2.75, 3.05) is 0 Å². The number of hydrogen-bond acceptors (Lipinski definition) is 2. The number of aromatic nitrogens is 1. The second-order valence-corrected chi connectivity index (χ2v) is 2.75. The van der Waals surface area contributed by atoms with E-state index in [0.717, 1.165) is 16.7 Å². The molecule has 0 saturated heterocycles. The average molecular weight is 168 g/mol. The van der Waals surface area contributed by atoms with Crippen molar-refractivity contribution in [3.63, 3.8) is 0 Å². The Morgan fingerprint density at radius 1 is 1.55 bits per heavy atom. The third-order valence-corrected chi connectivity index (χ3v) is 1.80. The van der Waals surface area contributed by atoms with Crippen LogP contribution in [0.3, 0.4) is 0 Å². The predicted molar refractivity (Wildman–Crippen MR) is 43.8 cm³/mol. The van der Waals surface area contributed by atoms with Gasteiger partial charge in [-0.15, -0.1) is 0 Å². The normalized spacial score (nSPS) is 10.7. The van der Waals surface area contributed by atoms with Crippen molar-refractivity contribution >= 4 is 22.6 Å². The molecule has 0 amide bonds. The van der Waals surface area contributed by atoms with E-state index in [-0.39, 0.29) is 0 Å². The average Bonchev–Trinajstić information content (AvgIpc) is 2.34. The van der Waals surface area contributed by atoms with Crippen molar-refractivity contribution in [3.8, 4) is 0 Å². The highest BCUT2D eigenvalue weighted by atomic mass is 35.5. The lowest BCUT2D eigenvalue weighted by Gasteiger charge is -1.93. The number of fused-ring (bicyclic) bond motifs is 1. The summed E-state index contributed by atoms with van der Waals surface area (Å²) in [5, 5.41) is 1.50. The Morgan fingerprint density at radius 2 is 2.36 bits per heavy atom. The largest absolute Gasteiger partial charge is 0.464 e. The fourth-order valence-corrected chi connectivity index (χ4v) is 1.32. The van der Waals surface area contributed by atoms with Gasteiger partial charge in [-0.05, 0) is 13.0 Å². The molecule has 0 aliphatic rings. The number of halogens is 1. The first-order valence-electron chi connectivity index (χ1n) is 3.28. The third-order valence-electron chi connectivity index (χ3n) is 1.61. The van der Waals surface area contributed by atoms with Gasteiger partial charge in [-0.2, -0.15) is 0 Å². The molecule has 0 fully saturated rings. The molecule has 56 valence electrons. The highest BCUT2D eigenvalue weighted by Crippen LogP contribution is 2.20. The lowest BCUT2D eigenvalue weighted by molar-refractivity contribution is 0.615. The van der Waals surface area contributed by atoms with Crippen LogP contribution in [0.1, 0.15) is 5.69 Å². The molecule has 0 saturated carbocycles. The Labute approximate surface area is 68.8 Å². The number of hydrogen-bond donors (Lipinski definition) is 0. The maximum absolute atomic E-state index is 5.71. The Bertz CT molecular complexity index is 394. The molecule has 0 atom stereocenters. The molecule has 2 nitrogen and oxygen atoms in total. The molecule has 3 heteroatoms. The molecular weight excluding hydrogens is 162 g/mol. The molecule has 2 rings (SSSR count). The number of nitrogens with zero attached hydrogens (tertiary/aromatic N) is 1. The molecule has 11 heavy (non-hydrogen) atoms. The lowest BCUT2D eigenvalue weighted by atomic mass is 10.2. The fourth-order valence-electron chi connectivity index (χ4n) is 1.09. The van der Waals surface area contributed by atoms with E-state index in [2.05, 4.69) is 4.98 Å². The molecule has 2 aromatic rings. The lowest BCUT2D eigenvalue weighted by Crippen LogP contribution is -1.80. The summed E-state index contributed by atoms with van der Waals surface area (Å²) >= 11 is 5.71. The van der Waals surface area contributed by atoms with Gasteiger partial charge in [-0.3, -0.25) is 0 Å². The standard InChI is InChI=1S/C8H6ClNO/c1-5-6-2-3-11-7(6)4-8(9)10-5/h2-4H,1H3. The van der Waals surface area contributed by atoms with Crippen LogP contribution in [0, 0.1) is 6.92 Å². The van der Waals surface area contributed by atoms with Crippen molar-refractivity contribution in [1.82, 2.24) is 4.98 Å². The van der Waals surface area contributed by atoms with Gasteiger partial charge in [0.1, 0.15) is 10.7 Å². The molecule has 0 bridgehead atoms. The van der Waals surface area contributed by atoms with Crippen molar-refractivity contribution in [3.05, 3.63) is 29.2 Å². The van der Waals surface area contributed by atoms with Crippen LogP contribution >= 0.6 is 11.6 Å². The van der Waals surface area contributed by atoms with E-state index in [0.29, 0.717) is 5.15 Å². The fraction of sp³-hybridized carbons (Fsp3) is 0.125. The van der Waals surface area contributed by atoms with Gasteiger partial charge in [-0.25, -0.2) is 4.98 Å². The van der Waals surface area contributed by atoms with E-state index < -0.39 is 0 Å². The van der Waals surface area contributed by atoms with Crippen LogP contribution in [0.4, 0.5) is 0 Å². The summed E-state index contributed by atoms with van der Waals surface area (Å²) in [6.07, 6.45) is 1.63. The van der Waals surface area contributed by atoms with Gasteiger partial charge in [0, 0.05) is 11.5 Å². The van der Waals surface area contributed by atoms with Gasteiger partial charge in [0.15, 0.2) is 0 Å². The van der Waals surface area contributed by atoms with E-state index in [1.807, 2.05) is 13.0 Å². The van der Waals surface area contributed by atoms with Gasteiger partial charge in [-0.1, -0.05) is 11.6 Å². The summed E-state index contributed by atoms with van der Waals surface area (Å²) in [4.78, 5) is 4.08. The van der Waals surface area contributed by atoms with Gasteiger partial charge < -0.3 is 4.42 Å². The van der Waals surface area contributed by atoms with Crippen LogP contribution in [0.2, 0.25) is 5.15 Å². The molecule has 2 heterocycles. The summed E-state index contributed by atoms with van der Waals surface area (Å²) in [7, 11) is 0. The monoisotopic (exact) mass is 167 g/mol. The quantitative estimate of drug-likeness (QED) is 0.564. The van der Waals surface area contributed by atoms with Gasteiger partial charge >= 0.3 is 0 Å². The summed E-state index contributed by atoms with van der Waals surface area (Å²) in [5.41, 5.74) is 1.70. The smallest absolute Gasteiger partial charge is 0.138 e. The second kappa shape index (κ2) is 2.24. The van der Waals surface area contributed by atoms with E-state index in [1.165, 1.54) is 0 Å². The minimum absolute atomic E-state index is 0.477. The zero-order valence-electron chi connectivity index (χ0n) is 5.97. The van der Waals surface area contributed by atoms with E-state index in [9.17, 15) is 0 Å². The van der Waals surface area contributed by atoms with Crippen LogP contribution in [-0.2, 0) is 0 Å². The van der Waals surface area contributed by atoms with E-state index in [1.54, 1.807) is 12.3 Å². The Balaban J connectivity index is 2.91. The van der Waals surface area contributed by atoms with E-state index >= 15 is 0 Å². The zero-order valence-corrected chi connectivity index (χ0v) is 6.72. The highest BCUT2D eigenvalue weighted by molar-refractivity contribution is 6.30. The summed E-state index contributed by atoms with van der Waals surface area (Å²) < 4.78 is 5.16. The first-order chi connectivity index (χ1) is 5.27. The van der Waals surface area contributed by atoms with Crippen LogP contribution in [-0.4, -0.2) is 4.98 Å². The van der Waals surface area contributed by atoms with Crippen LogP contribution < -0.4 is 0 Å². The molecule has 0 unspecified atom stereocenters. The highest BCUT2D eigenvalue weighted by Gasteiger charge is 2.02. The molecule has 0 aromatic carbocycles. The SMILES string of the molecule is Cc1nc(Cl)cc2occc12. The number of rotatable bonds is 0. The number of aryl methyl sites for hydroxylation is 1. The Kier molecular flexibility index (Phi) is 1.36. The summed E-state index contributed by atoms with van der Waals surface area (Å²) in [5.74, 6) is 0. The van der Waals surface area contributed by atoms with Gasteiger partial charge in [0.05, 0.1) is 12.0 Å². The van der Waals surface area contributed by atoms with E-state index in [4.69, 9.17) is 16.0 Å². The Hall–Kier alpha value is -1.02. The maximum Gasteiger partial charge on any atom is 0.138 e. The summed E-state index contributed by atoms with van der Waals surface area (Å²) in [6.45, 7) is 1.91. The second-order valence-electron chi connectivity index (χ2n) is 2.36. The van der Waals surface area contributed by atoms with Gasteiger partial charge in [0.25, 0.3) is 0 Å². The number of pyridine rings is 1. The Morgan fingerprint density at radius 3 is 3.18 bits per heavy atom. The topological polar surface area (TPSA) is 26.0 Å². The zero-order chi connectivity index (χ0) is 7.84. The molecule has 0 aliphatic heterocycles. The van der Waals surface area contributed by atoms with Crippen LogP contribution in [0.15, 0.2) is 22.8 Å². The molecule has 2 aromatic heterocycles. The number of furan rings is 1. The van der Waals surface area contributed by atoms with Crippen molar-refractivity contribution in [2.45, 2.75) is 6.92 Å². The maximum atomic E-state index is 5.71. The van der Waals surface area contributed by atoms with Crippen molar-refractivity contribution in [2.24, 2.45) is 0 Å². The first kappa shape index (κ1) is 6.68. The molecule has 0 aliphatic carbocycles. The first-order valence-corrected chi connectivity index (χ1v) is 3.65. The summed E-state index contributed by atoms with van der Waals surface area (Å²) in [6, 6.07) is 3.60. The van der Waals surface area contributed by atoms with Crippen LogP contribution in [0.5, 0.6) is 0 Å². The van der Waals surface area contributed by atoms with Crippen molar-refractivity contribution < 1.29 is 4.42 Å². The van der Waals surface area contributed by atoms with Crippen LogP contribution in [0.25, 0.3) is 11.0 Å². The molecule has 0 N–H and O–H groups in total. The molecule has 0 radical (unpaired) electrons. The molecular formula is C8H6ClNO.